The molecule has 1 N–H and O–H groups in total. The molecule has 5 nitrogen and oxygen atoms in total. The zero-order valence-corrected chi connectivity index (χ0v) is 15.8. The number of carbonyl (C=O) groups excluding carboxylic acids is 1. The molecule has 3 aromatic heterocycles. The van der Waals surface area contributed by atoms with Crippen molar-refractivity contribution in [1.29, 1.82) is 0 Å². The first-order valence-corrected chi connectivity index (χ1v) is 9.23. The van der Waals surface area contributed by atoms with Crippen LogP contribution in [0.2, 0.25) is 0 Å². The number of halogens is 2. The lowest BCUT2D eigenvalue weighted by atomic mass is 10.2. The smallest absolute Gasteiger partial charge is 0.266 e. The number of amides is 1. The van der Waals surface area contributed by atoms with E-state index in [1.165, 1.54) is 22.6 Å². The van der Waals surface area contributed by atoms with Crippen molar-refractivity contribution in [3.05, 3.63) is 73.7 Å². The number of pyridine rings is 1. The van der Waals surface area contributed by atoms with E-state index in [1.54, 1.807) is 18.3 Å². The van der Waals surface area contributed by atoms with Crippen LogP contribution in [0.15, 0.2) is 51.9 Å². The summed E-state index contributed by atoms with van der Waals surface area (Å²) in [5, 5.41) is 2.89. The van der Waals surface area contributed by atoms with Crippen LogP contribution in [0.1, 0.15) is 15.2 Å². The van der Waals surface area contributed by atoms with Gasteiger partial charge < -0.3 is 5.32 Å². The van der Waals surface area contributed by atoms with Crippen LogP contribution < -0.4 is 10.9 Å². The van der Waals surface area contributed by atoms with Crippen LogP contribution in [0.3, 0.4) is 0 Å². The normalized spacial score (nSPS) is 11.2. The summed E-state index contributed by atoms with van der Waals surface area (Å²) in [6.45, 7) is 1.87. The third-order valence-corrected chi connectivity index (χ3v) is 5.46. The summed E-state index contributed by atoms with van der Waals surface area (Å²) >= 11 is 4.27. The second kappa shape index (κ2) is 6.30. The maximum atomic E-state index is 13.9. The summed E-state index contributed by atoms with van der Waals surface area (Å²) in [6.07, 6.45) is 1.64. The SMILES string of the molecule is Cc1cccn2c(=O)c3cc(C(=O)Nc4ccc(Br)cc4F)sc3nc12. The maximum absolute atomic E-state index is 13.9. The monoisotopic (exact) mass is 431 g/mol. The number of carbonyl (C=O) groups is 1. The van der Waals surface area contributed by atoms with E-state index in [-0.39, 0.29) is 11.2 Å². The Morgan fingerprint density at radius 3 is 2.88 bits per heavy atom. The summed E-state index contributed by atoms with van der Waals surface area (Å²) in [4.78, 5) is 30.4. The van der Waals surface area contributed by atoms with Crippen LogP contribution in [0, 0.1) is 12.7 Å². The van der Waals surface area contributed by atoms with Gasteiger partial charge in [-0.05, 0) is 42.8 Å². The number of fused-ring (bicyclic) bond motifs is 2. The number of nitrogens with zero attached hydrogens (tertiary/aromatic N) is 2. The first kappa shape index (κ1) is 16.9. The molecule has 26 heavy (non-hydrogen) atoms. The molecule has 8 heteroatoms. The molecule has 0 unspecified atom stereocenters. The van der Waals surface area contributed by atoms with E-state index in [0.717, 1.165) is 16.9 Å². The van der Waals surface area contributed by atoms with Crippen molar-refractivity contribution >= 4 is 54.7 Å². The molecular weight excluding hydrogens is 421 g/mol. The molecule has 0 spiro atoms. The van der Waals surface area contributed by atoms with E-state index in [9.17, 15) is 14.0 Å². The third-order valence-electron chi connectivity index (χ3n) is 3.93. The minimum atomic E-state index is -0.548. The van der Waals surface area contributed by atoms with Gasteiger partial charge in [0.05, 0.1) is 16.0 Å². The van der Waals surface area contributed by atoms with Gasteiger partial charge in [-0.15, -0.1) is 11.3 Å². The quantitative estimate of drug-likeness (QED) is 0.512. The van der Waals surface area contributed by atoms with Gasteiger partial charge in [-0.3, -0.25) is 14.0 Å². The van der Waals surface area contributed by atoms with E-state index < -0.39 is 11.7 Å². The Labute approximate surface area is 159 Å². The Bertz CT molecular complexity index is 1250. The highest BCUT2D eigenvalue weighted by Crippen LogP contribution is 2.25. The van der Waals surface area contributed by atoms with Crippen molar-refractivity contribution in [2.75, 3.05) is 5.32 Å². The lowest BCUT2D eigenvalue weighted by molar-refractivity contribution is 0.103. The summed E-state index contributed by atoms with van der Waals surface area (Å²) in [5.41, 5.74) is 1.25. The van der Waals surface area contributed by atoms with Crippen molar-refractivity contribution in [3.8, 4) is 0 Å². The Kier molecular flexibility index (Phi) is 4.08. The van der Waals surface area contributed by atoms with Gasteiger partial charge in [-0.25, -0.2) is 9.37 Å². The highest BCUT2D eigenvalue weighted by molar-refractivity contribution is 9.10. The van der Waals surface area contributed by atoms with E-state index in [2.05, 4.69) is 26.2 Å². The van der Waals surface area contributed by atoms with Gasteiger partial charge in [-0.2, -0.15) is 0 Å². The number of rotatable bonds is 2. The number of thiophene rings is 1. The van der Waals surface area contributed by atoms with Crippen LogP contribution >= 0.6 is 27.3 Å². The molecule has 0 aliphatic rings. The largest absolute Gasteiger partial charge is 0.319 e. The first-order chi connectivity index (χ1) is 12.4. The van der Waals surface area contributed by atoms with Crippen molar-refractivity contribution in [3.63, 3.8) is 0 Å². The van der Waals surface area contributed by atoms with Crippen LogP contribution in [0.25, 0.3) is 15.9 Å². The number of benzene rings is 1. The Morgan fingerprint density at radius 1 is 1.31 bits per heavy atom. The third kappa shape index (κ3) is 2.81. The molecule has 0 atom stereocenters. The van der Waals surface area contributed by atoms with Crippen molar-refractivity contribution < 1.29 is 9.18 Å². The molecule has 3 heterocycles. The number of hydrogen-bond acceptors (Lipinski definition) is 4. The standard InChI is InChI=1S/C18H11BrFN3O2S/c1-9-3-2-6-23-15(9)22-17-11(18(23)25)8-14(26-17)16(24)21-13-5-4-10(19)7-12(13)20/h2-8H,1H3,(H,21,24). The molecule has 4 rings (SSSR count). The molecule has 0 saturated heterocycles. The minimum absolute atomic E-state index is 0.0707. The van der Waals surface area contributed by atoms with Gasteiger partial charge >= 0.3 is 0 Å². The fraction of sp³-hybridized carbons (Fsp3) is 0.0556. The molecule has 130 valence electrons. The van der Waals surface area contributed by atoms with Gasteiger partial charge in [0, 0.05) is 10.7 Å². The fourth-order valence-electron chi connectivity index (χ4n) is 2.64. The summed E-state index contributed by atoms with van der Waals surface area (Å²) < 4.78 is 16.0. The zero-order valence-electron chi connectivity index (χ0n) is 13.4. The van der Waals surface area contributed by atoms with Crippen LogP contribution in [-0.4, -0.2) is 15.3 Å². The average molecular weight is 432 g/mol. The zero-order chi connectivity index (χ0) is 18.4. The highest BCUT2D eigenvalue weighted by Gasteiger charge is 2.16. The number of hydrogen-bond donors (Lipinski definition) is 1. The minimum Gasteiger partial charge on any atom is -0.319 e. The van der Waals surface area contributed by atoms with E-state index in [1.807, 2.05) is 13.0 Å². The summed E-state index contributed by atoms with van der Waals surface area (Å²) in [6, 6.07) is 9.50. The predicted molar refractivity (Wildman–Crippen MR) is 104 cm³/mol. The summed E-state index contributed by atoms with van der Waals surface area (Å²) in [5.74, 6) is -1.03. The Morgan fingerprint density at radius 2 is 2.12 bits per heavy atom. The van der Waals surface area contributed by atoms with Crippen LogP contribution in [0.5, 0.6) is 0 Å². The van der Waals surface area contributed by atoms with Gasteiger partial charge in [0.2, 0.25) is 0 Å². The maximum Gasteiger partial charge on any atom is 0.266 e. The molecule has 1 aromatic carbocycles. The van der Waals surface area contributed by atoms with E-state index >= 15 is 0 Å². The molecule has 0 fully saturated rings. The second-order valence-electron chi connectivity index (χ2n) is 5.71. The topological polar surface area (TPSA) is 63.5 Å². The lowest BCUT2D eigenvalue weighted by Crippen LogP contribution is -2.14. The molecule has 0 bridgehead atoms. The molecule has 4 aromatic rings. The average Bonchev–Trinajstić information content (AvgIpc) is 3.03. The number of anilines is 1. The highest BCUT2D eigenvalue weighted by atomic mass is 79.9. The summed E-state index contributed by atoms with van der Waals surface area (Å²) in [7, 11) is 0. The van der Waals surface area contributed by atoms with Gasteiger partial charge in [0.1, 0.15) is 16.3 Å². The fourth-order valence-corrected chi connectivity index (χ4v) is 3.90. The van der Waals surface area contributed by atoms with Gasteiger partial charge in [0.25, 0.3) is 11.5 Å². The van der Waals surface area contributed by atoms with Crippen LogP contribution in [-0.2, 0) is 0 Å². The van der Waals surface area contributed by atoms with Crippen molar-refractivity contribution in [2.24, 2.45) is 0 Å². The lowest BCUT2D eigenvalue weighted by Gasteiger charge is -2.04. The van der Waals surface area contributed by atoms with Gasteiger partial charge in [0.15, 0.2) is 0 Å². The van der Waals surface area contributed by atoms with Crippen LogP contribution in [0.4, 0.5) is 10.1 Å². The van der Waals surface area contributed by atoms with Crippen molar-refractivity contribution in [2.45, 2.75) is 6.92 Å². The number of aryl methyl sites for hydroxylation is 1. The van der Waals surface area contributed by atoms with E-state index in [4.69, 9.17) is 0 Å². The molecule has 0 aliphatic carbocycles. The second-order valence-corrected chi connectivity index (χ2v) is 7.66. The number of nitrogens with one attached hydrogen (secondary N) is 1. The van der Waals surface area contributed by atoms with Crippen molar-refractivity contribution in [1.82, 2.24) is 9.38 Å². The van der Waals surface area contributed by atoms with E-state index in [0.29, 0.717) is 25.2 Å². The van der Waals surface area contributed by atoms with Gasteiger partial charge in [-0.1, -0.05) is 22.0 Å². The molecule has 1 amide bonds. The Hall–Kier alpha value is -2.58. The molecule has 0 saturated carbocycles. The Balaban J connectivity index is 1.78. The molecule has 0 aliphatic heterocycles. The number of aromatic nitrogens is 2. The predicted octanol–water partition coefficient (Wildman–Crippen LogP) is 4.37. The first-order valence-electron chi connectivity index (χ1n) is 7.62. The molecular formula is C18H11BrFN3O2S. The molecule has 0 radical (unpaired) electrons.